The van der Waals surface area contributed by atoms with Crippen molar-refractivity contribution in [1.82, 2.24) is 14.9 Å². The number of amides is 1. The summed E-state index contributed by atoms with van der Waals surface area (Å²) in [4.78, 5) is 18.0. The molecule has 2 aromatic heterocycles. The monoisotopic (exact) mass is 529 g/mol. The molecule has 0 fully saturated rings. The van der Waals surface area contributed by atoms with Crippen molar-refractivity contribution in [3.05, 3.63) is 107 Å². The first kappa shape index (κ1) is 22.9. The van der Waals surface area contributed by atoms with Gasteiger partial charge in [-0.05, 0) is 53.9 Å². The second-order valence-corrected chi connectivity index (χ2v) is 9.21. The van der Waals surface area contributed by atoms with Gasteiger partial charge in [-0.3, -0.25) is 4.79 Å². The predicted octanol–water partition coefficient (Wildman–Crippen LogP) is 6.32. The highest BCUT2D eigenvalue weighted by Gasteiger charge is 2.24. The van der Waals surface area contributed by atoms with Crippen LogP contribution in [-0.4, -0.2) is 22.6 Å². The Morgan fingerprint density at radius 2 is 1.83 bits per heavy atom. The normalized spacial score (nSPS) is 12.0. The van der Waals surface area contributed by atoms with Gasteiger partial charge in [0.2, 0.25) is 0 Å². The lowest BCUT2D eigenvalue weighted by molar-refractivity contribution is 0.0908. The number of benzene rings is 3. The SMILES string of the molecule is COc1ccc(CC(NC(=O)c2cc3ccccc3o2)c2ncc(-c3ccc(Br)cc3)n2C)cc1. The number of halogens is 1. The number of carbonyl (C=O) groups excluding carboxylic acids is 1. The van der Waals surface area contributed by atoms with Crippen molar-refractivity contribution in [1.29, 1.82) is 0 Å². The zero-order valence-electron chi connectivity index (χ0n) is 19.4. The number of nitrogens with zero attached hydrogens (tertiary/aromatic N) is 2. The van der Waals surface area contributed by atoms with E-state index >= 15 is 0 Å². The molecule has 6 nitrogen and oxygen atoms in total. The highest BCUT2D eigenvalue weighted by Crippen LogP contribution is 2.27. The quantitative estimate of drug-likeness (QED) is 0.268. The maximum Gasteiger partial charge on any atom is 0.287 e. The molecule has 176 valence electrons. The molecule has 0 radical (unpaired) electrons. The number of imidazole rings is 1. The van der Waals surface area contributed by atoms with Crippen LogP contribution in [0.15, 0.2) is 93.9 Å². The summed E-state index contributed by atoms with van der Waals surface area (Å²) in [5.41, 5.74) is 3.74. The van der Waals surface area contributed by atoms with Crippen molar-refractivity contribution in [2.45, 2.75) is 12.5 Å². The number of para-hydroxylation sites is 1. The van der Waals surface area contributed by atoms with Crippen LogP contribution in [-0.2, 0) is 13.5 Å². The minimum absolute atomic E-state index is 0.272. The molecule has 7 heteroatoms. The second-order valence-electron chi connectivity index (χ2n) is 8.29. The van der Waals surface area contributed by atoms with E-state index in [0.29, 0.717) is 12.0 Å². The number of furan rings is 1. The number of carbonyl (C=O) groups is 1. The topological polar surface area (TPSA) is 69.3 Å². The fourth-order valence-electron chi connectivity index (χ4n) is 4.16. The minimum Gasteiger partial charge on any atom is -0.497 e. The van der Waals surface area contributed by atoms with Crippen LogP contribution in [0.5, 0.6) is 5.75 Å². The van der Waals surface area contributed by atoms with E-state index in [0.717, 1.165) is 38.3 Å². The van der Waals surface area contributed by atoms with Gasteiger partial charge in [-0.1, -0.05) is 58.4 Å². The molecule has 1 N–H and O–H groups in total. The van der Waals surface area contributed by atoms with Crippen molar-refractivity contribution >= 4 is 32.8 Å². The molecule has 35 heavy (non-hydrogen) atoms. The third kappa shape index (κ3) is 4.86. The Morgan fingerprint density at radius 3 is 2.54 bits per heavy atom. The second kappa shape index (κ2) is 9.80. The fourth-order valence-corrected chi connectivity index (χ4v) is 4.43. The first-order valence-corrected chi connectivity index (χ1v) is 12.0. The van der Waals surface area contributed by atoms with Crippen molar-refractivity contribution in [2.75, 3.05) is 7.11 Å². The molecule has 0 spiro atoms. The maximum atomic E-state index is 13.2. The molecule has 5 rings (SSSR count). The molecular formula is C28H24BrN3O3. The van der Waals surface area contributed by atoms with Crippen molar-refractivity contribution in [3.8, 4) is 17.0 Å². The van der Waals surface area contributed by atoms with E-state index in [-0.39, 0.29) is 17.7 Å². The Kier molecular flexibility index (Phi) is 6.42. The summed E-state index contributed by atoms with van der Waals surface area (Å²) in [6.45, 7) is 0. The smallest absolute Gasteiger partial charge is 0.287 e. The Morgan fingerprint density at radius 1 is 1.09 bits per heavy atom. The molecule has 3 aromatic carbocycles. The lowest BCUT2D eigenvalue weighted by atomic mass is 10.0. The first-order valence-electron chi connectivity index (χ1n) is 11.2. The van der Waals surface area contributed by atoms with Gasteiger partial charge < -0.3 is 19.0 Å². The van der Waals surface area contributed by atoms with Gasteiger partial charge in [0, 0.05) is 16.9 Å². The van der Waals surface area contributed by atoms with Crippen LogP contribution in [0.4, 0.5) is 0 Å². The van der Waals surface area contributed by atoms with Crippen molar-refractivity contribution in [3.63, 3.8) is 0 Å². The summed E-state index contributed by atoms with van der Waals surface area (Å²) < 4.78 is 14.1. The molecule has 2 heterocycles. The van der Waals surface area contributed by atoms with Crippen LogP contribution >= 0.6 is 15.9 Å². The van der Waals surface area contributed by atoms with Gasteiger partial charge in [0.1, 0.15) is 17.2 Å². The number of ether oxygens (including phenoxy) is 1. The van der Waals surface area contributed by atoms with Gasteiger partial charge >= 0.3 is 0 Å². The Bertz CT molecular complexity index is 1440. The highest BCUT2D eigenvalue weighted by atomic mass is 79.9. The van der Waals surface area contributed by atoms with Crippen LogP contribution in [0, 0.1) is 0 Å². The summed E-state index contributed by atoms with van der Waals surface area (Å²) in [6.07, 6.45) is 2.40. The predicted molar refractivity (Wildman–Crippen MR) is 139 cm³/mol. The van der Waals surface area contributed by atoms with E-state index in [1.165, 1.54) is 0 Å². The summed E-state index contributed by atoms with van der Waals surface area (Å²) >= 11 is 3.49. The number of methoxy groups -OCH3 is 1. The Balaban J connectivity index is 1.48. The Labute approximate surface area is 211 Å². The van der Waals surface area contributed by atoms with Crippen LogP contribution in [0.1, 0.15) is 28.0 Å². The van der Waals surface area contributed by atoms with E-state index < -0.39 is 0 Å². The van der Waals surface area contributed by atoms with Crippen molar-refractivity contribution in [2.24, 2.45) is 7.05 Å². The standard InChI is InChI=1S/C28H24BrN3O3/c1-32-24(19-9-11-21(29)12-10-19)17-30-27(32)23(15-18-7-13-22(34-2)14-8-18)31-28(33)26-16-20-5-3-4-6-25(20)35-26/h3-14,16-17,23H,15H2,1-2H3,(H,31,33). The van der Waals surface area contributed by atoms with Gasteiger partial charge in [-0.2, -0.15) is 0 Å². The van der Waals surface area contributed by atoms with E-state index in [4.69, 9.17) is 14.1 Å². The molecule has 0 saturated heterocycles. The molecule has 0 aliphatic rings. The van der Waals surface area contributed by atoms with Crippen molar-refractivity contribution < 1.29 is 13.9 Å². The lowest BCUT2D eigenvalue weighted by Gasteiger charge is -2.19. The highest BCUT2D eigenvalue weighted by molar-refractivity contribution is 9.10. The van der Waals surface area contributed by atoms with Gasteiger partial charge in [0.05, 0.1) is 25.0 Å². The molecule has 1 unspecified atom stereocenters. The molecule has 0 saturated carbocycles. The van der Waals surface area contributed by atoms with Gasteiger partial charge in [-0.25, -0.2) is 4.98 Å². The number of hydrogen-bond donors (Lipinski definition) is 1. The molecule has 1 atom stereocenters. The van der Waals surface area contributed by atoms with Crippen LogP contribution in [0.3, 0.4) is 0 Å². The summed E-state index contributed by atoms with van der Waals surface area (Å²) in [5, 5.41) is 4.04. The third-order valence-electron chi connectivity index (χ3n) is 6.03. The molecule has 0 aliphatic carbocycles. The van der Waals surface area contributed by atoms with E-state index in [1.807, 2.05) is 90.6 Å². The zero-order chi connectivity index (χ0) is 24.4. The van der Waals surface area contributed by atoms with E-state index in [2.05, 4.69) is 21.2 Å². The van der Waals surface area contributed by atoms with E-state index in [9.17, 15) is 4.79 Å². The summed E-state index contributed by atoms with van der Waals surface area (Å²) in [6, 6.07) is 24.9. The molecule has 5 aromatic rings. The maximum absolute atomic E-state index is 13.2. The fraction of sp³-hybridized carbons (Fsp3) is 0.143. The Hall–Kier alpha value is -3.84. The minimum atomic E-state index is -0.377. The molecule has 1 amide bonds. The van der Waals surface area contributed by atoms with Crippen LogP contribution in [0.2, 0.25) is 0 Å². The summed E-state index contributed by atoms with van der Waals surface area (Å²) in [5.74, 6) is 1.52. The van der Waals surface area contributed by atoms with Gasteiger partial charge in [0.15, 0.2) is 5.76 Å². The average Bonchev–Trinajstić information content (AvgIpc) is 3.48. The molecule has 0 aliphatic heterocycles. The number of nitrogens with one attached hydrogen (secondary N) is 1. The zero-order valence-corrected chi connectivity index (χ0v) is 21.0. The number of hydrogen-bond acceptors (Lipinski definition) is 4. The van der Waals surface area contributed by atoms with Crippen LogP contribution < -0.4 is 10.1 Å². The molecular weight excluding hydrogens is 506 g/mol. The lowest BCUT2D eigenvalue weighted by Crippen LogP contribution is -2.31. The number of aromatic nitrogens is 2. The molecule has 0 bridgehead atoms. The van der Waals surface area contributed by atoms with Crippen LogP contribution in [0.25, 0.3) is 22.2 Å². The summed E-state index contributed by atoms with van der Waals surface area (Å²) in [7, 11) is 3.61. The first-order chi connectivity index (χ1) is 17.0. The van der Waals surface area contributed by atoms with Gasteiger partial charge in [-0.15, -0.1) is 0 Å². The van der Waals surface area contributed by atoms with Gasteiger partial charge in [0.25, 0.3) is 5.91 Å². The number of rotatable bonds is 7. The average molecular weight is 530 g/mol. The van der Waals surface area contributed by atoms with E-state index in [1.54, 1.807) is 13.2 Å². The number of fused-ring (bicyclic) bond motifs is 1. The largest absolute Gasteiger partial charge is 0.497 e. The third-order valence-corrected chi connectivity index (χ3v) is 6.56.